The van der Waals surface area contributed by atoms with Gasteiger partial charge in [-0.2, -0.15) is 0 Å². The van der Waals surface area contributed by atoms with E-state index in [2.05, 4.69) is 0 Å². The molecule has 2 aliphatic rings. The molecule has 1 aromatic rings. The first-order chi connectivity index (χ1) is 11.8. The Labute approximate surface area is 153 Å². The number of piperazine rings is 1. The van der Waals surface area contributed by atoms with E-state index in [1.807, 2.05) is 19.1 Å². The fourth-order valence-electron chi connectivity index (χ4n) is 3.52. The first kappa shape index (κ1) is 18.5. The van der Waals surface area contributed by atoms with Crippen LogP contribution in [0, 0.1) is 6.92 Å². The van der Waals surface area contributed by atoms with E-state index in [9.17, 15) is 13.2 Å². The quantitative estimate of drug-likeness (QED) is 0.786. The Morgan fingerprint density at radius 1 is 1.36 bits per heavy atom. The molecule has 1 aromatic carbocycles. The first-order valence-electron chi connectivity index (χ1n) is 8.56. The van der Waals surface area contributed by atoms with Crippen molar-refractivity contribution in [1.82, 2.24) is 4.90 Å². The van der Waals surface area contributed by atoms with Gasteiger partial charge in [0.2, 0.25) is 0 Å². The number of carbonyl (C=O) groups excluding carboxylic acids is 1. The summed E-state index contributed by atoms with van der Waals surface area (Å²) in [5.74, 6) is 1.05. The van der Waals surface area contributed by atoms with E-state index < -0.39 is 9.84 Å². The molecule has 2 saturated heterocycles. The molecule has 0 aromatic heterocycles. The molecule has 3 rings (SSSR count). The van der Waals surface area contributed by atoms with Crippen LogP contribution in [0.2, 0.25) is 5.02 Å². The molecule has 0 spiro atoms. The zero-order valence-corrected chi connectivity index (χ0v) is 15.9. The molecule has 0 radical (unpaired) electrons. The number of ether oxygens (including phenoxy) is 1. The van der Waals surface area contributed by atoms with Crippen LogP contribution in [0.25, 0.3) is 0 Å². The molecule has 2 fully saturated rings. The molecule has 0 aliphatic carbocycles. The third kappa shape index (κ3) is 4.65. The number of benzene rings is 1. The Bertz CT molecular complexity index is 745. The number of halogens is 1. The van der Waals surface area contributed by atoms with Gasteiger partial charge in [-0.15, -0.1) is 0 Å². The summed E-state index contributed by atoms with van der Waals surface area (Å²) in [7, 11) is -2.86. The lowest BCUT2D eigenvalue weighted by Crippen LogP contribution is -3.18. The lowest BCUT2D eigenvalue weighted by molar-refractivity contribution is -0.925. The van der Waals surface area contributed by atoms with Crippen LogP contribution in [0.4, 0.5) is 0 Å². The van der Waals surface area contributed by atoms with Crippen molar-refractivity contribution < 1.29 is 22.8 Å². The van der Waals surface area contributed by atoms with Gasteiger partial charge in [-0.3, -0.25) is 4.79 Å². The fourth-order valence-corrected chi connectivity index (χ4v) is 5.52. The second kappa shape index (κ2) is 7.51. The molecule has 6 nitrogen and oxygen atoms in total. The fraction of sp³-hybridized carbons (Fsp3) is 0.588. The van der Waals surface area contributed by atoms with Gasteiger partial charge < -0.3 is 14.5 Å². The zero-order valence-electron chi connectivity index (χ0n) is 14.3. The number of aryl methyl sites for hydroxylation is 1. The van der Waals surface area contributed by atoms with Crippen molar-refractivity contribution >= 4 is 27.3 Å². The largest absolute Gasteiger partial charge is 0.482 e. The number of carbonyl (C=O) groups is 1. The van der Waals surface area contributed by atoms with Crippen LogP contribution >= 0.6 is 11.6 Å². The molecule has 1 amide bonds. The molecule has 0 saturated carbocycles. The summed E-state index contributed by atoms with van der Waals surface area (Å²) >= 11 is 6.08. The number of rotatable bonds is 4. The van der Waals surface area contributed by atoms with Crippen molar-refractivity contribution in [2.75, 3.05) is 44.3 Å². The summed E-state index contributed by atoms with van der Waals surface area (Å²) < 4.78 is 28.8. The van der Waals surface area contributed by atoms with Crippen LogP contribution in [-0.2, 0) is 14.6 Å². The number of hydrogen-bond acceptors (Lipinski definition) is 4. The van der Waals surface area contributed by atoms with E-state index >= 15 is 0 Å². The molecule has 138 valence electrons. The van der Waals surface area contributed by atoms with Crippen molar-refractivity contribution in [3.05, 3.63) is 28.8 Å². The first-order valence-corrected chi connectivity index (χ1v) is 10.8. The van der Waals surface area contributed by atoms with E-state index in [4.69, 9.17) is 16.3 Å². The Hall–Kier alpha value is -1.31. The smallest absolute Gasteiger partial charge is 0.260 e. The summed E-state index contributed by atoms with van der Waals surface area (Å²) in [6.45, 7) is 4.76. The molecule has 0 unspecified atom stereocenters. The highest BCUT2D eigenvalue weighted by atomic mass is 35.5. The number of sulfone groups is 1. The summed E-state index contributed by atoms with van der Waals surface area (Å²) in [6.07, 6.45) is 0.737. The molecule has 0 bridgehead atoms. The van der Waals surface area contributed by atoms with Gasteiger partial charge in [0.25, 0.3) is 5.91 Å². The normalized spacial score (nSPS) is 23.6. The monoisotopic (exact) mass is 387 g/mol. The van der Waals surface area contributed by atoms with Crippen molar-refractivity contribution in [1.29, 1.82) is 0 Å². The Balaban J connectivity index is 1.48. The van der Waals surface area contributed by atoms with E-state index in [0.717, 1.165) is 25.1 Å². The van der Waals surface area contributed by atoms with Gasteiger partial charge in [-0.25, -0.2) is 8.42 Å². The minimum atomic E-state index is -2.86. The summed E-state index contributed by atoms with van der Waals surface area (Å²) in [6, 6.07) is 5.65. The van der Waals surface area contributed by atoms with E-state index in [1.165, 1.54) is 4.90 Å². The maximum absolute atomic E-state index is 12.4. The van der Waals surface area contributed by atoms with Crippen LogP contribution in [0.15, 0.2) is 18.2 Å². The lowest BCUT2D eigenvalue weighted by atomic mass is 10.2. The van der Waals surface area contributed by atoms with Crippen LogP contribution < -0.4 is 9.64 Å². The Morgan fingerprint density at radius 3 is 2.72 bits per heavy atom. The van der Waals surface area contributed by atoms with Gasteiger partial charge >= 0.3 is 0 Å². The van der Waals surface area contributed by atoms with Gasteiger partial charge in [-0.1, -0.05) is 17.7 Å². The number of quaternary nitrogens is 1. The summed E-state index contributed by atoms with van der Waals surface area (Å²) in [4.78, 5) is 15.4. The van der Waals surface area contributed by atoms with Gasteiger partial charge in [-0.05, 0) is 24.6 Å². The topological polar surface area (TPSA) is 68.1 Å². The highest BCUT2D eigenvalue weighted by Gasteiger charge is 2.37. The number of hydrogen-bond donors (Lipinski definition) is 1. The van der Waals surface area contributed by atoms with Gasteiger partial charge in [0.15, 0.2) is 16.4 Å². The predicted molar refractivity (Wildman–Crippen MR) is 96.0 cm³/mol. The Kier molecular flexibility index (Phi) is 5.55. The predicted octanol–water partition coefficient (Wildman–Crippen LogP) is -0.0586. The maximum atomic E-state index is 12.4. The molecular formula is C17H24ClN2O4S+. The van der Waals surface area contributed by atoms with Crippen LogP contribution in [-0.4, -0.2) is 69.6 Å². The summed E-state index contributed by atoms with van der Waals surface area (Å²) in [5, 5.41) is 0.495. The minimum absolute atomic E-state index is 0.0314. The van der Waals surface area contributed by atoms with Crippen LogP contribution in [0.3, 0.4) is 0 Å². The van der Waals surface area contributed by atoms with Gasteiger partial charge in [0.1, 0.15) is 17.5 Å². The highest BCUT2D eigenvalue weighted by Crippen LogP contribution is 2.25. The third-order valence-electron chi connectivity index (χ3n) is 5.01. The van der Waals surface area contributed by atoms with Crippen molar-refractivity contribution in [3.63, 3.8) is 0 Å². The molecule has 25 heavy (non-hydrogen) atoms. The van der Waals surface area contributed by atoms with Gasteiger partial charge in [0, 0.05) is 6.42 Å². The van der Waals surface area contributed by atoms with Crippen LogP contribution in [0.5, 0.6) is 5.75 Å². The SMILES string of the molecule is Cc1ccc(Cl)c(OCC(=O)N2CC[NH+]([C@H]3CCS(=O)(=O)C3)CC2)c1. The zero-order chi connectivity index (χ0) is 18.0. The van der Waals surface area contributed by atoms with Crippen molar-refractivity contribution in [3.8, 4) is 5.75 Å². The van der Waals surface area contributed by atoms with Gasteiger partial charge in [0.05, 0.1) is 37.0 Å². The molecule has 1 atom stereocenters. The number of amides is 1. The number of nitrogens with one attached hydrogen (secondary N) is 1. The Morgan fingerprint density at radius 2 is 2.08 bits per heavy atom. The highest BCUT2D eigenvalue weighted by molar-refractivity contribution is 7.91. The van der Waals surface area contributed by atoms with Crippen molar-refractivity contribution in [2.24, 2.45) is 0 Å². The second-order valence-electron chi connectivity index (χ2n) is 6.86. The molecule has 2 heterocycles. The molecule has 8 heteroatoms. The molecule has 1 N–H and O–H groups in total. The third-order valence-corrected chi connectivity index (χ3v) is 7.09. The lowest BCUT2D eigenvalue weighted by Gasteiger charge is -2.34. The number of nitrogens with zero attached hydrogens (tertiary/aromatic N) is 1. The van der Waals surface area contributed by atoms with E-state index in [-0.39, 0.29) is 24.3 Å². The standard InChI is InChI=1S/C17H23ClN2O4S/c1-13-2-3-15(18)16(10-13)24-11-17(21)20-7-5-19(6-8-20)14-4-9-25(22,23)12-14/h2-3,10,14H,4-9,11-12H2,1H3/p+1/t14-/m0/s1. The van der Waals surface area contributed by atoms with Crippen LogP contribution in [0.1, 0.15) is 12.0 Å². The minimum Gasteiger partial charge on any atom is -0.482 e. The van der Waals surface area contributed by atoms with Crippen molar-refractivity contribution in [2.45, 2.75) is 19.4 Å². The summed E-state index contributed by atoms with van der Waals surface area (Å²) in [5.41, 5.74) is 1.02. The molecule has 2 aliphatic heterocycles. The average Bonchev–Trinajstić information content (AvgIpc) is 2.95. The van der Waals surface area contributed by atoms with E-state index in [1.54, 1.807) is 11.0 Å². The maximum Gasteiger partial charge on any atom is 0.260 e. The average molecular weight is 388 g/mol. The van der Waals surface area contributed by atoms with E-state index in [0.29, 0.717) is 29.6 Å². The second-order valence-corrected chi connectivity index (χ2v) is 9.50. The molecular weight excluding hydrogens is 364 g/mol.